The lowest BCUT2D eigenvalue weighted by Crippen LogP contribution is -2.60. The lowest BCUT2D eigenvalue weighted by atomic mass is 10.0. The molecule has 1 aliphatic heterocycles. The fraction of sp³-hybridized carbons (Fsp3) is 0.462. The Hall–Kier alpha value is -1.03. The van der Waals surface area contributed by atoms with Gasteiger partial charge in [0.2, 0.25) is 5.91 Å². The Bertz CT molecular complexity index is 457. The molecule has 2 rings (SSSR count). The molecule has 1 aromatic carbocycles. The molecular formula is C13H17BrN2O. The second kappa shape index (κ2) is 4.33. The molecule has 0 aromatic heterocycles. The van der Waals surface area contributed by atoms with Crippen LogP contribution in [0.2, 0.25) is 0 Å². The predicted molar refractivity (Wildman–Crippen MR) is 73.3 cm³/mol. The van der Waals surface area contributed by atoms with Crippen molar-refractivity contribution in [1.82, 2.24) is 5.32 Å². The summed E-state index contributed by atoms with van der Waals surface area (Å²) in [6.45, 7) is 7.43. The molecule has 1 saturated heterocycles. The van der Waals surface area contributed by atoms with E-state index in [9.17, 15) is 4.79 Å². The summed E-state index contributed by atoms with van der Waals surface area (Å²) in [5.74, 6) is 0.0866. The molecule has 0 aliphatic carbocycles. The van der Waals surface area contributed by atoms with Crippen molar-refractivity contribution in [1.29, 1.82) is 0 Å². The van der Waals surface area contributed by atoms with Crippen molar-refractivity contribution in [3.05, 3.63) is 28.2 Å². The first kappa shape index (κ1) is 12.4. The maximum Gasteiger partial charge on any atom is 0.239 e. The van der Waals surface area contributed by atoms with Crippen molar-refractivity contribution in [2.45, 2.75) is 26.3 Å². The minimum Gasteiger partial charge on any atom is -0.360 e. The van der Waals surface area contributed by atoms with Crippen molar-refractivity contribution in [2.75, 3.05) is 18.0 Å². The van der Waals surface area contributed by atoms with E-state index >= 15 is 0 Å². The Morgan fingerprint density at radius 1 is 1.41 bits per heavy atom. The van der Waals surface area contributed by atoms with Gasteiger partial charge >= 0.3 is 0 Å². The summed E-state index contributed by atoms with van der Waals surface area (Å²) in [5, 5.41) is 3.00. The highest BCUT2D eigenvalue weighted by Gasteiger charge is 2.30. The van der Waals surface area contributed by atoms with Crippen LogP contribution in [0.3, 0.4) is 0 Å². The van der Waals surface area contributed by atoms with Crippen LogP contribution in [-0.4, -0.2) is 24.5 Å². The van der Waals surface area contributed by atoms with Gasteiger partial charge in [-0.3, -0.25) is 4.79 Å². The van der Waals surface area contributed by atoms with Crippen molar-refractivity contribution < 1.29 is 4.79 Å². The highest BCUT2D eigenvalue weighted by atomic mass is 79.9. The van der Waals surface area contributed by atoms with Crippen LogP contribution in [0.25, 0.3) is 0 Å². The molecule has 1 N–H and O–H groups in total. The average Bonchev–Trinajstić information content (AvgIpc) is 2.13. The first-order chi connectivity index (χ1) is 7.87. The van der Waals surface area contributed by atoms with Crippen molar-refractivity contribution >= 4 is 27.5 Å². The number of rotatable bonds is 1. The van der Waals surface area contributed by atoms with E-state index in [4.69, 9.17) is 0 Å². The topological polar surface area (TPSA) is 32.3 Å². The van der Waals surface area contributed by atoms with Crippen molar-refractivity contribution in [2.24, 2.45) is 0 Å². The summed E-state index contributed by atoms with van der Waals surface area (Å²) < 4.78 is 1.07. The summed E-state index contributed by atoms with van der Waals surface area (Å²) in [5.41, 5.74) is 2.15. The zero-order chi connectivity index (χ0) is 12.6. The summed E-state index contributed by atoms with van der Waals surface area (Å²) in [4.78, 5) is 13.8. The van der Waals surface area contributed by atoms with Crippen LogP contribution in [0.5, 0.6) is 0 Å². The Labute approximate surface area is 110 Å². The van der Waals surface area contributed by atoms with Gasteiger partial charge in [-0.15, -0.1) is 0 Å². The fourth-order valence-corrected chi connectivity index (χ4v) is 2.78. The molecule has 1 aliphatic rings. The molecule has 92 valence electrons. The molecule has 0 atom stereocenters. The molecule has 0 bridgehead atoms. The second-order valence-electron chi connectivity index (χ2n) is 5.22. The zero-order valence-electron chi connectivity index (χ0n) is 10.4. The van der Waals surface area contributed by atoms with E-state index in [1.165, 1.54) is 5.56 Å². The first-order valence-electron chi connectivity index (χ1n) is 5.69. The predicted octanol–water partition coefficient (Wildman–Crippen LogP) is 2.47. The van der Waals surface area contributed by atoms with Crippen LogP contribution in [0.1, 0.15) is 19.4 Å². The highest BCUT2D eigenvalue weighted by molar-refractivity contribution is 9.10. The van der Waals surface area contributed by atoms with E-state index in [0.29, 0.717) is 6.54 Å². The molecule has 0 saturated carbocycles. The number of halogens is 1. The van der Waals surface area contributed by atoms with Gasteiger partial charge in [0.25, 0.3) is 0 Å². The molecule has 1 amide bonds. The van der Waals surface area contributed by atoms with Crippen LogP contribution in [0, 0.1) is 6.92 Å². The zero-order valence-corrected chi connectivity index (χ0v) is 12.0. The third kappa shape index (κ3) is 2.80. The Morgan fingerprint density at radius 2 is 2.12 bits per heavy atom. The van der Waals surface area contributed by atoms with Gasteiger partial charge in [-0.05, 0) is 44.5 Å². The number of amides is 1. The molecular weight excluding hydrogens is 280 g/mol. The molecule has 0 unspecified atom stereocenters. The smallest absolute Gasteiger partial charge is 0.239 e. The number of aryl methyl sites for hydroxylation is 1. The summed E-state index contributed by atoms with van der Waals surface area (Å²) in [6.07, 6.45) is 0. The summed E-state index contributed by atoms with van der Waals surface area (Å²) >= 11 is 3.46. The number of piperazine rings is 1. The van der Waals surface area contributed by atoms with Gasteiger partial charge in [0, 0.05) is 16.7 Å². The lowest BCUT2D eigenvalue weighted by molar-refractivity contribution is -0.122. The molecule has 3 nitrogen and oxygen atoms in total. The maximum absolute atomic E-state index is 11.7. The third-order valence-electron chi connectivity index (χ3n) is 2.90. The number of carbonyl (C=O) groups is 1. The third-order valence-corrected chi connectivity index (χ3v) is 3.39. The monoisotopic (exact) mass is 296 g/mol. The van der Waals surface area contributed by atoms with E-state index in [2.05, 4.69) is 45.2 Å². The highest BCUT2D eigenvalue weighted by Crippen LogP contribution is 2.26. The maximum atomic E-state index is 11.7. The Kier molecular flexibility index (Phi) is 3.17. The summed E-state index contributed by atoms with van der Waals surface area (Å²) in [6, 6.07) is 6.16. The molecule has 4 heteroatoms. The minimum absolute atomic E-state index is 0.0866. The van der Waals surface area contributed by atoms with E-state index < -0.39 is 0 Å². The summed E-state index contributed by atoms with van der Waals surface area (Å²) in [7, 11) is 0. The standard InChI is InChI=1S/C13H17BrN2O/c1-9-6-10(14)4-5-11(9)16-7-12(17)15-13(2,3)8-16/h4-6H,7-8H2,1-3H3,(H,15,17). The quantitative estimate of drug-likeness (QED) is 0.863. The van der Waals surface area contributed by atoms with Crippen LogP contribution in [0.4, 0.5) is 5.69 Å². The molecule has 1 heterocycles. The van der Waals surface area contributed by atoms with E-state index in [-0.39, 0.29) is 11.4 Å². The molecule has 17 heavy (non-hydrogen) atoms. The molecule has 0 spiro atoms. The van der Waals surface area contributed by atoms with Gasteiger partial charge in [0.15, 0.2) is 0 Å². The van der Waals surface area contributed by atoms with Gasteiger partial charge in [-0.2, -0.15) is 0 Å². The van der Waals surface area contributed by atoms with Crippen molar-refractivity contribution in [3.63, 3.8) is 0 Å². The van der Waals surface area contributed by atoms with Crippen molar-refractivity contribution in [3.8, 4) is 0 Å². The molecule has 1 aromatic rings. The van der Waals surface area contributed by atoms with Gasteiger partial charge < -0.3 is 10.2 Å². The number of anilines is 1. The van der Waals surface area contributed by atoms with E-state index in [1.54, 1.807) is 0 Å². The normalized spacial score (nSPS) is 19.1. The number of hydrogen-bond acceptors (Lipinski definition) is 2. The number of nitrogens with zero attached hydrogens (tertiary/aromatic N) is 1. The van der Waals surface area contributed by atoms with Gasteiger partial charge in [0.1, 0.15) is 0 Å². The van der Waals surface area contributed by atoms with E-state index in [1.807, 2.05) is 19.9 Å². The van der Waals surface area contributed by atoms with E-state index in [0.717, 1.165) is 16.7 Å². The van der Waals surface area contributed by atoms with Crippen LogP contribution in [0.15, 0.2) is 22.7 Å². The average molecular weight is 297 g/mol. The second-order valence-corrected chi connectivity index (χ2v) is 6.13. The van der Waals surface area contributed by atoms with Crippen LogP contribution < -0.4 is 10.2 Å². The minimum atomic E-state index is -0.172. The number of carbonyl (C=O) groups excluding carboxylic acids is 1. The van der Waals surface area contributed by atoms with Crippen LogP contribution >= 0.6 is 15.9 Å². The van der Waals surface area contributed by atoms with Crippen LogP contribution in [-0.2, 0) is 4.79 Å². The fourth-order valence-electron chi connectivity index (χ4n) is 2.31. The number of nitrogens with one attached hydrogen (secondary N) is 1. The molecule has 0 radical (unpaired) electrons. The van der Waals surface area contributed by atoms with Gasteiger partial charge in [-0.1, -0.05) is 15.9 Å². The SMILES string of the molecule is Cc1cc(Br)ccc1N1CC(=O)NC(C)(C)C1. The Balaban J connectivity index is 2.30. The number of benzene rings is 1. The lowest BCUT2D eigenvalue weighted by Gasteiger charge is -2.40. The largest absolute Gasteiger partial charge is 0.360 e. The first-order valence-corrected chi connectivity index (χ1v) is 6.49. The number of hydrogen-bond donors (Lipinski definition) is 1. The molecule has 1 fully saturated rings. The van der Waals surface area contributed by atoms with Gasteiger partial charge in [0.05, 0.1) is 12.1 Å². The Morgan fingerprint density at radius 3 is 2.71 bits per heavy atom. The van der Waals surface area contributed by atoms with Gasteiger partial charge in [-0.25, -0.2) is 0 Å².